The van der Waals surface area contributed by atoms with E-state index in [2.05, 4.69) is 42.0 Å². The Hall–Kier alpha value is -1.57. The van der Waals surface area contributed by atoms with E-state index in [0.29, 0.717) is 18.6 Å². The zero-order chi connectivity index (χ0) is 13.0. The van der Waals surface area contributed by atoms with E-state index in [1.807, 2.05) is 6.92 Å². The van der Waals surface area contributed by atoms with Gasteiger partial charge in [-0.3, -0.25) is 4.79 Å². The lowest BCUT2D eigenvalue weighted by atomic mass is 10.1. The van der Waals surface area contributed by atoms with Crippen molar-refractivity contribution in [3.63, 3.8) is 0 Å². The summed E-state index contributed by atoms with van der Waals surface area (Å²) in [5.41, 5.74) is 2.73. The molecule has 2 aromatic rings. The molecule has 0 unspecified atom stereocenters. The lowest BCUT2D eigenvalue weighted by molar-refractivity contribution is -0.118. The van der Waals surface area contributed by atoms with Gasteiger partial charge in [-0.1, -0.05) is 32.0 Å². The van der Waals surface area contributed by atoms with Crippen molar-refractivity contribution in [1.82, 2.24) is 4.57 Å². The monoisotopic (exact) mass is 243 g/mol. The molecule has 0 aliphatic carbocycles. The molecule has 1 aromatic heterocycles. The van der Waals surface area contributed by atoms with Crippen LogP contribution in [0.25, 0.3) is 10.9 Å². The van der Waals surface area contributed by atoms with E-state index in [1.54, 1.807) is 0 Å². The van der Waals surface area contributed by atoms with Crippen molar-refractivity contribution in [2.75, 3.05) is 0 Å². The fourth-order valence-corrected chi connectivity index (χ4v) is 2.44. The number of benzene rings is 1. The second-order valence-corrected chi connectivity index (χ2v) is 4.71. The minimum absolute atomic E-state index is 0.363. The van der Waals surface area contributed by atoms with Crippen molar-refractivity contribution in [1.29, 1.82) is 0 Å². The van der Waals surface area contributed by atoms with Crippen LogP contribution in [0.2, 0.25) is 0 Å². The van der Waals surface area contributed by atoms with E-state index in [-0.39, 0.29) is 0 Å². The number of hydrogen-bond donors (Lipinski definition) is 0. The number of nitrogens with zero attached hydrogens (tertiary/aromatic N) is 1. The Balaban J connectivity index is 2.16. The number of carbonyl (C=O) groups is 1. The molecular weight excluding hydrogens is 222 g/mol. The molecule has 0 N–H and O–H groups in total. The maximum absolute atomic E-state index is 11.3. The summed E-state index contributed by atoms with van der Waals surface area (Å²) in [6, 6.07) is 8.63. The molecule has 0 saturated carbocycles. The fraction of sp³-hybridized carbons (Fsp3) is 0.438. The molecule has 1 aromatic carbocycles. The Bertz CT molecular complexity index is 539. The second-order valence-electron chi connectivity index (χ2n) is 4.71. The van der Waals surface area contributed by atoms with Gasteiger partial charge >= 0.3 is 0 Å². The first-order valence-electron chi connectivity index (χ1n) is 6.84. The average molecular weight is 243 g/mol. The number of ketones is 1. The Morgan fingerprint density at radius 2 is 2.06 bits per heavy atom. The lowest BCUT2D eigenvalue weighted by Crippen LogP contribution is -2.02. The van der Waals surface area contributed by atoms with Crippen LogP contribution in [-0.2, 0) is 17.8 Å². The molecule has 0 spiro atoms. The van der Waals surface area contributed by atoms with Gasteiger partial charge in [-0.25, -0.2) is 0 Å². The number of carbonyl (C=O) groups excluding carboxylic acids is 1. The topological polar surface area (TPSA) is 22.0 Å². The van der Waals surface area contributed by atoms with Crippen LogP contribution in [0.15, 0.2) is 30.5 Å². The van der Waals surface area contributed by atoms with Crippen LogP contribution in [0.4, 0.5) is 0 Å². The fourth-order valence-electron chi connectivity index (χ4n) is 2.44. The van der Waals surface area contributed by atoms with Crippen LogP contribution in [0, 0.1) is 0 Å². The molecule has 96 valence electrons. The highest BCUT2D eigenvalue weighted by atomic mass is 16.1. The quantitative estimate of drug-likeness (QED) is 0.752. The Morgan fingerprint density at radius 3 is 2.78 bits per heavy atom. The van der Waals surface area contributed by atoms with Crippen LogP contribution < -0.4 is 0 Å². The minimum atomic E-state index is 0.363. The van der Waals surface area contributed by atoms with E-state index in [9.17, 15) is 4.79 Å². The molecule has 0 aliphatic rings. The van der Waals surface area contributed by atoms with Gasteiger partial charge in [0.05, 0.1) is 5.52 Å². The van der Waals surface area contributed by atoms with Gasteiger partial charge in [-0.15, -0.1) is 0 Å². The van der Waals surface area contributed by atoms with Gasteiger partial charge in [0.2, 0.25) is 0 Å². The second kappa shape index (κ2) is 5.85. The van der Waals surface area contributed by atoms with Crippen LogP contribution in [0.1, 0.15) is 38.7 Å². The summed E-state index contributed by atoms with van der Waals surface area (Å²) in [5, 5.41) is 1.30. The highest BCUT2D eigenvalue weighted by Crippen LogP contribution is 2.21. The highest BCUT2D eigenvalue weighted by molar-refractivity contribution is 5.83. The smallest absolute Gasteiger partial charge is 0.132 e. The number of aryl methyl sites for hydroxylation is 2. The maximum Gasteiger partial charge on any atom is 0.132 e. The lowest BCUT2D eigenvalue weighted by Gasteiger charge is -2.08. The van der Waals surface area contributed by atoms with Gasteiger partial charge in [0.25, 0.3) is 0 Å². The summed E-state index contributed by atoms with van der Waals surface area (Å²) in [5.74, 6) is 0.363. The molecule has 1 heterocycles. The number of hydrogen-bond acceptors (Lipinski definition) is 1. The Kier molecular flexibility index (Phi) is 4.19. The van der Waals surface area contributed by atoms with E-state index < -0.39 is 0 Å². The number of fused-ring (bicyclic) bond motifs is 1. The van der Waals surface area contributed by atoms with Crippen molar-refractivity contribution in [2.45, 2.75) is 46.1 Å². The molecule has 0 radical (unpaired) electrons. The number of Topliss-reactive ketones (excluding diaryl/α,β-unsaturated/α-hetero) is 1. The van der Waals surface area contributed by atoms with Gasteiger partial charge in [-0.2, -0.15) is 0 Å². The van der Waals surface area contributed by atoms with Gasteiger partial charge in [-0.05, 0) is 29.9 Å². The van der Waals surface area contributed by atoms with E-state index in [1.165, 1.54) is 16.5 Å². The number of rotatable bonds is 6. The zero-order valence-electron chi connectivity index (χ0n) is 11.3. The molecule has 0 fully saturated rings. The minimum Gasteiger partial charge on any atom is -0.347 e. The van der Waals surface area contributed by atoms with Crippen molar-refractivity contribution < 1.29 is 4.79 Å². The molecule has 0 atom stereocenters. The standard InChI is InChI=1S/C16H21NO/c1-3-13-7-5-8-14-10-12-17(16(13)14)11-6-9-15(18)4-2/h5,7-8,10,12H,3-4,6,9,11H2,1-2H3. The van der Waals surface area contributed by atoms with E-state index in [4.69, 9.17) is 0 Å². The predicted molar refractivity (Wildman–Crippen MR) is 75.8 cm³/mol. The SMILES string of the molecule is CCC(=O)CCCn1ccc2cccc(CC)c21. The third-order valence-electron chi connectivity index (χ3n) is 3.50. The first kappa shape index (κ1) is 12.9. The summed E-state index contributed by atoms with van der Waals surface area (Å²) >= 11 is 0. The molecule has 2 rings (SSSR count). The molecule has 0 bridgehead atoms. The zero-order valence-corrected chi connectivity index (χ0v) is 11.3. The van der Waals surface area contributed by atoms with E-state index in [0.717, 1.165) is 19.4 Å². The Morgan fingerprint density at radius 1 is 1.22 bits per heavy atom. The summed E-state index contributed by atoms with van der Waals surface area (Å²) in [6.07, 6.45) is 5.49. The highest BCUT2D eigenvalue weighted by Gasteiger charge is 2.05. The molecule has 0 saturated heterocycles. The van der Waals surface area contributed by atoms with Crippen molar-refractivity contribution in [3.8, 4) is 0 Å². The third kappa shape index (κ3) is 2.63. The maximum atomic E-state index is 11.3. The molecule has 2 nitrogen and oxygen atoms in total. The summed E-state index contributed by atoms with van der Waals surface area (Å²) < 4.78 is 2.29. The summed E-state index contributed by atoms with van der Waals surface area (Å²) in [6.45, 7) is 5.06. The Labute approximate surface area is 109 Å². The van der Waals surface area contributed by atoms with Gasteiger partial charge < -0.3 is 4.57 Å². The first-order valence-corrected chi connectivity index (χ1v) is 6.84. The van der Waals surface area contributed by atoms with Crippen molar-refractivity contribution in [3.05, 3.63) is 36.0 Å². The molecule has 2 heteroatoms. The van der Waals surface area contributed by atoms with Gasteiger partial charge in [0.1, 0.15) is 5.78 Å². The molecular formula is C16H21NO. The largest absolute Gasteiger partial charge is 0.347 e. The predicted octanol–water partition coefficient (Wildman–Crippen LogP) is 3.96. The van der Waals surface area contributed by atoms with Crippen LogP contribution in [0.5, 0.6) is 0 Å². The summed E-state index contributed by atoms with van der Waals surface area (Å²) in [7, 11) is 0. The molecule has 18 heavy (non-hydrogen) atoms. The van der Waals surface area contributed by atoms with Gasteiger partial charge in [0, 0.05) is 25.6 Å². The number of para-hydroxylation sites is 1. The average Bonchev–Trinajstić information content (AvgIpc) is 2.82. The molecule has 0 amide bonds. The van der Waals surface area contributed by atoms with Crippen molar-refractivity contribution in [2.24, 2.45) is 0 Å². The van der Waals surface area contributed by atoms with E-state index >= 15 is 0 Å². The molecule has 0 aliphatic heterocycles. The third-order valence-corrected chi connectivity index (χ3v) is 3.50. The van der Waals surface area contributed by atoms with Crippen LogP contribution in [-0.4, -0.2) is 10.4 Å². The first-order chi connectivity index (χ1) is 8.76. The van der Waals surface area contributed by atoms with Crippen LogP contribution in [0.3, 0.4) is 0 Å². The number of aromatic nitrogens is 1. The van der Waals surface area contributed by atoms with Gasteiger partial charge in [0.15, 0.2) is 0 Å². The van der Waals surface area contributed by atoms with Crippen molar-refractivity contribution >= 4 is 16.7 Å². The normalized spacial score (nSPS) is 11.0. The van der Waals surface area contributed by atoms with Crippen LogP contribution >= 0.6 is 0 Å². The summed E-state index contributed by atoms with van der Waals surface area (Å²) in [4.78, 5) is 11.3.